The van der Waals surface area contributed by atoms with E-state index in [1.165, 1.54) is 0 Å². The average Bonchev–Trinajstić information content (AvgIpc) is 2.83. The van der Waals surface area contributed by atoms with Crippen molar-refractivity contribution in [3.8, 4) is 0 Å². The maximum Gasteiger partial charge on any atom is 0.215 e. The van der Waals surface area contributed by atoms with E-state index in [0.717, 1.165) is 19.3 Å². The second-order valence-electron chi connectivity index (χ2n) is 5.21. The molecule has 0 aromatic rings. The van der Waals surface area contributed by atoms with E-state index in [4.69, 9.17) is 5.73 Å². The highest BCUT2D eigenvalue weighted by Gasteiger charge is 2.40. The van der Waals surface area contributed by atoms with E-state index in [2.05, 4.69) is 18.6 Å². The van der Waals surface area contributed by atoms with Crippen LogP contribution >= 0.6 is 12.4 Å². The van der Waals surface area contributed by atoms with Gasteiger partial charge in [0, 0.05) is 12.1 Å². The second-order valence-corrected chi connectivity index (χ2v) is 7.17. The summed E-state index contributed by atoms with van der Waals surface area (Å²) in [5.41, 5.74) is 5.17. The molecule has 6 heteroatoms. The Kier molecular flexibility index (Phi) is 5.72. The Hall–Kier alpha value is 0.160. The fourth-order valence-electron chi connectivity index (χ4n) is 1.87. The minimum absolute atomic E-state index is 0. The highest BCUT2D eigenvalue weighted by molar-refractivity contribution is 7.90. The number of hydrogen-bond acceptors (Lipinski definition) is 3. The molecule has 16 heavy (non-hydrogen) atoms. The highest BCUT2D eigenvalue weighted by atomic mass is 35.5. The molecule has 0 saturated heterocycles. The normalized spacial score (nSPS) is 20.3. The summed E-state index contributed by atoms with van der Waals surface area (Å²) in [7, 11) is -3.13. The lowest BCUT2D eigenvalue weighted by Crippen LogP contribution is -2.52. The van der Waals surface area contributed by atoms with Crippen LogP contribution in [0.1, 0.15) is 40.0 Å². The van der Waals surface area contributed by atoms with Crippen LogP contribution in [0.2, 0.25) is 0 Å². The quantitative estimate of drug-likeness (QED) is 0.763. The molecule has 0 heterocycles. The first-order valence-corrected chi connectivity index (χ1v) is 7.06. The lowest BCUT2D eigenvalue weighted by Gasteiger charge is -2.30. The van der Waals surface area contributed by atoms with Gasteiger partial charge < -0.3 is 5.73 Å². The van der Waals surface area contributed by atoms with Gasteiger partial charge in [-0.25, -0.2) is 13.1 Å². The summed E-state index contributed by atoms with van der Waals surface area (Å²) in [5, 5.41) is -0.171. The summed E-state index contributed by atoms with van der Waals surface area (Å²) < 4.78 is 26.3. The predicted molar refractivity (Wildman–Crippen MR) is 69.2 cm³/mol. The summed E-state index contributed by atoms with van der Waals surface area (Å²) in [6, 6.07) is 0. The molecule has 1 rings (SSSR count). The van der Waals surface area contributed by atoms with Crippen molar-refractivity contribution in [2.75, 3.05) is 6.54 Å². The Morgan fingerprint density at radius 2 is 1.94 bits per heavy atom. The van der Waals surface area contributed by atoms with Crippen LogP contribution in [-0.4, -0.2) is 25.8 Å². The van der Waals surface area contributed by atoms with E-state index >= 15 is 0 Å². The first kappa shape index (κ1) is 16.2. The van der Waals surface area contributed by atoms with Crippen LogP contribution in [0.15, 0.2) is 0 Å². The van der Waals surface area contributed by atoms with Gasteiger partial charge in [-0.1, -0.05) is 13.8 Å². The highest BCUT2D eigenvalue weighted by Crippen LogP contribution is 2.29. The van der Waals surface area contributed by atoms with Gasteiger partial charge in [0.05, 0.1) is 5.25 Å². The van der Waals surface area contributed by atoms with Crippen molar-refractivity contribution in [3.05, 3.63) is 0 Å². The van der Waals surface area contributed by atoms with Crippen LogP contribution in [0.3, 0.4) is 0 Å². The van der Waals surface area contributed by atoms with E-state index in [0.29, 0.717) is 12.5 Å². The maximum atomic E-state index is 11.8. The molecule has 0 amide bonds. The Morgan fingerprint density at radius 1 is 1.44 bits per heavy atom. The van der Waals surface area contributed by atoms with Crippen molar-refractivity contribution < 1.29 is 8.42 Å². The van der Waals surface area contributed by atoms with Crippen molar-refractivity contribution in [3.63, 3.8) is 0 Å². The van der Waals surface area contributed by atoms with Crippen molar-refractivity contribution in [2.24, 2.45) is 11.7 Å². The predicted octanol–water partition coefficient (Wildman–Crippen LogP) is 1.25. The Labute approximate surface area is 105 Å². The lowest BCUT2D eigenvalue weighted by molar-refractivity contribution is 0.344. The number of nitrogens with one attached hydrogen (secondary N) is 1. The zero-order valence-corrected chi connectivity index (χ0v) is 11.8. The van der Waals surface area contributed by atoms with Crippen molar-refractivity contribution in [2.45, 2.75) is 50.8 Å². The molecule has 1 atom stereocenters. The third-order valence-electron chi connectivity index (χ3n) is 2.66. The Morgan fingerprint density at radius 3 is 2.25 bits per heavy atom. The van der Waals surface area contributed by atoms with Gasteiger partial charge in [-0.3, -0.25) is 0 Å². The SMILES string of the molecule is CC(C)CC(C)(CN)NS(=O)(=O)C1CC1.Cl. The fraction of sp³-hybridized carbons (Fsp3) is 1.00. The number of sulfonamides is 1. The van der Waals surface area contributed by atoms with E-state index in [1.807, 2.05) is 6.92 Å². The van der Waals surface area contributed by atoms with Crippen LogP contribution in [-0.2, 0) is 10.0 Å². The van der Waals surface area contributed by atoms with Gasteiger partial charge in [-0.05, 0) is 32.1 Å². The van der Waals surface area contributed by atoms with Crippen LogP contribution in [0.4, 0.5) is 0 Å². The Balaban J connectivity index is 0.00000225. The maximum absolute atomic E-state index is 11.8. The molecular formula is C10H23ClN2O2S. The minimum Gasteiger partial charge on any atom is -0.329 e. The molecule has 0 aromatic heterocycles. The molecule has 4 nitrogen and oxygen atoms in total. The molecule has 1 unspecified atom stereocenters. The Bertz CT molecular complexity index is 315. The van der Waals surface area contributed by atoms with Gasteiger partial charge in [0.2, 0.25) is 10.0 Å². The van der Waals surface area contributed by atoms with Crippen LogP contribution in [0, 0.1) is 5.92 Å². The fourth-order valence-corrected chi connectivity index (χ4v) is 3.65. The number of halogens is 1. The average molecular weight is 271 g/mol. The summed E-state index contributed by atoms with van der Waals surface area (Å²) in [4.78, 5) is 0. The third kappa shape index (κ3) is 4.57. The molecule has 98 valence electrons. The first-order valence-electron chi connectivity index (χ1n) is 5.52. The lowest BCUT2D eigenvalue weighted by atomic mass is 9.92. The molecule has 1 fully saturated rings. The molecule has 0 radical (unpaired) electrons. The molecule has 0 aliphatic heterocycles. The van der Waals surface area contributed by atoms with Gasteiger partial charge in [-0.15, -0.1) is 12.4 Å². The van der Waals surface area contributed by atoms with Crippen molar-refractivity contribution in [1.29, 1.82) is 0 Å². The largest absolute Gasteiger partial charge is 0.329 e. The molecule has 3 N–H and O–H groups in total. The number of rotatable bonds is 6. The molecule has 0 bridgehead atoms. The third-order valence-corrected chi connectivity index (χ3v) is 4.79. The zero-order valence-electron chi connectivity index (χ0n) is 10.2. The van der Waals surface area contributed by atoms with Gasteiger partial charge in [0.15, 0.2) is 0 Å². The number of nitrogens with two attached hydrogens (primary N) is 1. The van der Waals surface area contributed by atoms with E-state index in [1.54, 1.807) is 0 Å². The monoisotopic (exact) mass is 270 g/mol. The molecular weight excluding hydrogens is 248 g/mol. The summed E-state index contributed by atoms with van der Waals surface area (Å²) >= 11 is 0. The first-order chi connectivity index (χ1) is 6.79. The zero-order chi connectivity index (χ0) is 11.7. The van der Waals surface area contributed by atoms with Gasteiger partial charge in [0.1, 0.15) is 0 Å². The van der Waals surface area contributed by atoms with Gasteiger partial charge in [0.25, 0.3) is 0 Å². The van der Waals surface area contributed by atoms with Crippen molar-refractivity contribution >= 4 is 22.4 Å². The smallest absolute Gasteiger partial charge is 0.215 e. The van der Waals surface area contributed by atoms with Crippen LogP contribution in [0.25, 0.3) is 0 Å². The van der Waals surface area contributed by atoms with Gasteiger partial charge in [-0.2, -0.15) is 0 Å². The van der Waals surface area contributed by atoms with E-state index < -0.39 is 15.6 Å². The molecule has 0 aromatic carbocycles. The minimum atomic E-state index is -3.13. The van der Waals surface area contributed by atoms with E-state index in [-0.39, 0.29) is 17.7 Å². The summed E-state index contributed by atoms with van der Waals surface area (Å²) in [6.07, 6.45) is 2.35. The molecule has 1 aliphatic rings. The van der Waals surface area contributed by atoms with Crippen molar-refractivity contribution in [1.82, 2.24) is 4.72 Å². The van der Waals surface area contributed by atoms with Crippen LogP contribution < -0.4 is 10.5 Å². The topological polar surface area (TPSA) is 72.2 Å². The summed E-state index contributed by atoms with van der Waals surface area (Å²) in [6.45, 7) is 6.36. The molecule has 0 spiro atoms. The standard InChI is InChI=1S/C10H22N2O2S.ClH/c1-8(2)6-10(3,7-11)12-15(13,14)9-4-5-9;/h8-9,12H,4-7,11H2,1-3H3;1H. The molecule has 1 aliphatic carbocycles. The molecule has 1 saturated carbocycles. The summed E-state index contributed by atoms with van der Waals surface area (Å²) in [5.74, 6) is 0.431. The van der Waals surface area contributed by atoms with E-state index in [9.17, 15) is 8.42 Å². The van der Waals surface area contributed by atoms with Crippen LogP contribution in [0.5, 0.6) is 0 Å². The second kappa shape index (κ2) is 5.67. The number of hydrogen-bond donors (Lipinski definition) is 2. The van der Waals surface area contributed by atoms with Gasteiger partial charge >= 0.3 is 0 Å².